The lowest BCUT2D eigenvalue weighted by molar-refractivity contribution is 0.102. The van der Waals surface area contributed by atoms with E-state index in [1.807, 2.05) is 42.5 Å². The van der Waals surface area contributed by atoms with Crippen molar-refractivity contribution < 1.29 is 14.3 Å². The van der Waals surface area contributed by atoms with E-state index in [4.69, 9.17) is 9.47 Å². The van der Waals surface area contributed by atoms with E-state index >= 15 is 0 Å². The second kappa shape index (κ2) is 11.9. The van der Waals surface area contributed by atoms with Crippen molar-refractivity contribution in [3.8, 4) is 22.6 Å². The molecule has 0 bridgehead atoms. The van der Waals surface area contributed by atoms with Gasteiger partial charge < -0.3 is 14.8 Å². The van der Waals surface area contributed by atoms with Crippen molar-refractivity contribution >= 4 is 11.6 Å². The third-order valence-electron chi connectivity index (χ3n) is 6.27. The lowest BCUT2D eigenvalue weighted by Crippen LogP contribution is -2.39. The van der Waals surface area contributed by atoms with Gasteiger partial charge >= 0.3 is 0 Å². The minimum Gasteiger partial charge on any atom is -0.493 e. The molecule has 0 spiro atoms. The molecule has 0 aliphatic carbocycles. The van der Waals surface area contributed by atoms with Crippen LogP contribution in [0.15, 0.2) is 60.7 Å². The van der Waals surface area contributed by atoms with Gasteiger partial charge in [0.2, 0.25) is 0 Å². The highest BCUT2D eigenvalue weighted by Gasteiger charge is 2.15. The Bertz CT molecular complexity index is 1110. The molecule has 0 heterocycles. The summed E-state index contributed by atoms with van der Waals surface area (Å²) in [6, 6.07) is 20.3. The fourth-order valence-electron chi connectivity index (χ4n) is 4.50. The first-order chi connectivity index (χ1) is 16.7. The van der Waals surface area contributed by atoms with Gasteiger partial charge in [0.05, 0.1) is 7.11 Å². The monoisotopic (exact) mass is 474 g/mol. The molecule has 0 aliphatic rings. The van der Waals surface area contributed by atoms with Gasteiger partial charge in [-0.15, -0.1) is 0 Å². The first kappa shape index (κ1) is 26.3. The van der Waals surface area contributed by atoms with Crippen LogP contribution in [0.1, 0.15) is 49.2 Å². The third-order valence-corrected chi connectivity index (χ3v) is 6.27. The Kier molecular flexibility index (Phi) is 8.94. The number of rotatable bonds is 10. The first-order valence-electron chi connectivity index (χ1n) is 12.3. The Labute approximate surface area is 210 Å². The molecule has 0 atom stereocenters. The molecular weight excluding hydrogens is 436 g/mol. The molecule has 35 heavy (non-hydrogen) atoms. The van der Waals surface area contributed by atoms with Crippen LogP contribution in [0.5, 0.6) is 11.5 Å². The van der Waals surface area contributed by atoms with Crippen molar-refractivity contribution in [3.63, 3.8) is 0 Å². The maximum atomic E-state index is 12.9. The highest BCUT2D eigenvalue weighted by Crippen LogP contribution is 2.31. The zero-order chi connectivity index (χ0) is 25.5. The zero-order valence-electron chi connectivity index (χ0n) is 22.0. The summed E-state index contributed by atoms with van der Waals surface area (Å²) >= 11 is 0. The van der Waals surface area contributed by atoms with Crippen LogP contribution in [-0.4, -0.2) is 43.2 Å². The van der Waals surface area contributed by atoms with Crippen molar-refractivity contribution in [2.24, 2.45) is 0 Å². The molecule has 0 aliphatic heterocycles. The number of hydrogen-bond donors (Lipinski definition) is 1. The molecule has 0 saturated carbocycles. The topological polar surface area (TPSA) is 50.8 Å². The number of ether oxygens (including phenoxy) is 2. The summed E-state index contributed by atoms with van der Waals surface area (Å²) in [5.41, 5.74) is 6.02. The molecule has 0 unspecified atom stereocenters. The number of carbonyl (C=O) groups excluding carboxylic acids is 1. The number of amides is 1. The van der Waals surface area contributed by atoms with Crippen molar-refractivity contribution in [1.82, 2.24) is 4.90 Å². The molecule has 3 rings (SSSR count). The van der Waals surface area contributed by atoms with E-state index in [2.05, 4.69) is 70.0 Å². The lowest BCUT2D eigenvalue weighted by Gasteiger charge is -2.30. The fourth-order valence-corrected chi connectivity index (χ4v) is 4.50. The predicted molar refractivity (Wildman–Crippen MR) is 145 cm³/mol. The Morgan fingerprint density at radius 2 is 1.51 bits per heavy atom. The molecule has 0 radical (unpaired) electrons. The van der Waals surface area contributed by atoms with Crippen LogP contribution in [0.25, 0.3) is 11.1 Å². The summed E-state index contributed by atoms with van der Waals surface area (Å²) in [6.07, 6.45) is 0. The highest BCUT2D eigenvalue weighted by atomic mass is 16.5. The zero-order valence-corrected chi connectivity index (χ0v) is 22.0. The van der Waals surface area contributed by atoms with E-state index < -0.39 is 0 Å². The Balaban J connectivity index is 1.70. The molecule has 3 aromatic rings. The average Bonchev–Trinajstić information content (AvgIpc) is 2.81. The van der Waals surface area contributed by atoms with Gasteiger partial charge in [0.25, 0.3) is 5.91 Å². The number of hydrogen-bond acceptors (Lipinski definition) is 4. The number of carbonyl (C=O) groups is 1. The van der Waals surface area contributed by atoms with Gasteiger partial charge in [0.1, 0.15) is 6.61 Å². The van der Waals surface area contributed by atoms with Crippen LogP contribution in [0.2, 0.25) is 0 Å². The van der Waals surface area contributed by atoms with Gasteiger partial charge in [-0.25, -0.2) is 0 Å². The summed E-state index contributed by atoms with van der Waals surface area (Å²) in [5, 5.41) is 2.98. The van der Waals surface area contributed by atoms with Crippen LogP contribution in [0.3, 0.4) is 0 Å². The third kappa shape index (κ3) is 6.64. The molecule has 1 amide bonds. The van der Waals surface area contributed by atoms with E-state index in [1.54, 1.807) is 7.11 Å². The number of benzene rings is 3. The molecule has 186 valence electrons. The molecule has 0 saturated heterocycles. The van der Waals surface area contributed by atoms with Crippen LogP contribution >= 0.6 is 0 Å². The molecule has 5 nitrogen and oxygen atoms in total. The molecule has 1 N–H and O–H groups in total. The Hall–Kier alpha value is -3.31. The van der Waals surface area contributed by atoms with Crippen molar-refractivity contribution in [3.05, 3.63) is 77.4 Å². The number of nitrogens with one attached hydrogen (secondary N) is 1. The van der Waals surface area contributed by atoms with Crippen molar-refractivity contribution in [1.29, 1.82) is 0 Å². The van der Waals surface area contributed by atoms with E-state index in [0.717, 1.165) is 12.1 Å². The number of anilines is 1. The Morgan fingerprint density at radius 3 is 2.09 bits per heavy atom. The van der Waals surface area contributed by atoms with Crippen LogP contribution in [-0.2, 0) is 0 Å². The van der Waals surface area contributed by atoms with Gasteiger partial charge in [0.15, 0.2) is 11.5 Å². The molecule has 0 fully saturated rings. The van der Waals surface area contributed by atoms with Crippen LogP contribution < -0.4 is 14.8 Å². The number of methoxy groups -OCH3 is 1. The summed E-state index contributed by atoms with van der Waals surface area (Å²) < 4.78 is 11.5. The first-order valence-corrected chi connectivity index (χ1v) is 12.3. The van der Waals surface area contributed by atoms with Gasteiger partial charge in [-0.1, -0.05) is 30.3 Å². The molecule has 3 aromatic carbocycles. The van der Waals surface area contributed by atoms with E-state index in [0.29, 0.717) is 41.4 Å². The second-order valence-electron chi connectivity index (χ2n) is 9.44. The molecule has 5 heteroatoms. The molecular formula is C30H38N2O3. The largest absolute Gasteiger partial charge is 0.493 e. The maximum absolute atomic E-state index is 12.9. The normalized spacial score (nSPS) is 11.3. The molecule has 0 aromatic heterocycles. The van der Waals surface area contributed by atoms with Crippen LogP contribution in [0, 0.1) is 13.8 Å². The van der Waals surface area contributed by atoms with E-state index in [-0.39, 0.29) is 5.91 Å². The summed E-state index contributed by atoms with van der Waals surface area (Å²) in [6.45, 7) is 14.3. The highest BCUT2D eigenvalue weighted by molar-refractivity contribution is 6.04. The quantitative estimate of drug-likeness (QED) is 0.354. The van der Waals surface area contributed by atoms with Crippen LogP contribution in [0.4, 0.5) is 5.69 Å². The van der Waals surface area contributed by atoms with Gasteiger partial charge in [-0.3, -0.25) is 9.69 Å². The maximum Gasteiger partial charge on any atom is 0.255 e. The van der Waals surface area contributed by atoms with Gasteiger partial charge in [-0.2, -0.15) is 0 Å². The number of nitrogens with zero attached hydrogens (tertiary/aromatic N) is 1. The minimum absolute atomic E-state index is 0.167. The van der Waals surface area contributed by atoms with Crippen molar-refractivity contribution in [2.75, 3.05) is 25.6 Å². The lowest BCUT2D eigenvalue weighted by atomic mass is 9.95. The fraction of sp³-hybridized carbons (Fsp3) is 0.367. The summed E-state index contributed by atoms with van der Waals surface area (Å²) in [5.74, 6) is 1.09. The smallest absolute Gasteiger partial charge is 0.255 e. The van der Waals surface area contributed by atoms with E-state index in [9.17, 15) is 4.79 Å². The summed E-state index contributed by atoms with van der Waals surface area (Å²) in [4.78, 5) is 15.3. The van der Waals surface area contributed by atoms with Gasteiger partial charge in [-0.05, 0) is 88.1 Å². The Morgan fingerprint density at radius 1 is 0.886 bits per heavy atom. The van der Waals surface area contributed by atoms with Gasteiger partial charge in [0, 0.05) is 35.9 Å². The predicted octanol–water partition coefficient (Wildman–Crippen LogP) is 6.73. The minimum atomic E-state index is -0.167. The second-order valence-corrected chi connectivity index (χ2v) is 9.44. The van der Waals surface area contributed by atoms with Crippen molar-refractivity contribution in [2.45, 2.75) is 53.6 Å². The SMILES string of the molecule is COc1ccc(NC(=O)c2ccc(-c3c(C)cccc3C)cc2)cc1OCCN(C(C)C)C(C)C. The standard InChI is InChI=1S/C30H38N2O3/c1-20(2)32(21(3)4)17-18-35-28-19-26(15-16-27(28)34-7)31-30(33)25-13-11-24(12-14-25)29-22(5)9-8-10-23(29)6/h8-16,19-21H,17-18H2,1-7H3,(H,31,33). The average molecular weight is 475 g/mol. The summed E-state index contributed by atoms with van der Waals surface area (Å²) in [7, 11) is 1.62. The number of aryl methyl sites for hydroxylation is 2. The van der Waals surface area contributed by atoms with E-state index in [1.165, 1.54) is 16.7 Å².